The van der Waals surface area contributed by atoms with Crippen molar-refractivity contribution in [3.8, 4) is 11.1 Å². The minimum atomic E-state index is -3.41. The van der Waals surface area contributed by atoms with Gasteiger partial charge in [0.25, 0.3) is 5.56 Å². The Hall–Kier alpha value is -1.92. The van der Waals surface area contributed by atoms with E-state index in [1.165, 1.54) is 23.5 Å². The molecule has 1 saturated carbocycles. The fourth-order valence-electron chi connectivity index (χ4n) is 2.91. The van der Waals surface area contributed by atoms with Crippen LogP contribution in [-0.2, 0) is 16.9 Å². The van der Waals surface area contributed by atoms with Gasteiger partial charge in [-0.25, -0.2) is 8.42 Å². The molecule has 1 aromatic heterocycles. The molecule has 1 N–H and O–H groups in total. The number of nitrogens with zero attached hydrogens (tertiary/aromatic N) is 1. The SMILES string of the molecule is Cc1cc(=O)n(C)cc1-c1ccccc1S(=O)(=O)CCNCC1CC1. The van der Waals surface area contributed by atoms with E-state index in [2.05, 4.69) is 5.32 Å². The molecule has 1 aromatic carbocycles. The summed E-state index contributed by atoms with van der Waals surface area (Å²) in [4.78, 5) is 12.1. The second-order valence-corrected chi connectivity index (χ2v) is 8.86. The summed E-state index contributed by atoms with van der Waals surface area (Å²) in [6, 6.07) is 8.55. The number of aromatic nitrogens is 1. The summed E-state index contributed by atoms with van der Waals surface area (Å²) < 4.78 is 27.2. The number of hydrogen-bond donors (Lipinski definition) is 1. The minimum Gasteiger partial charge on any atom is -0.318 e. The lowest BCUT2D eigenvalue weighted by atomic mass is 10.0. The van der Waals surface area contributed by atoms with E-state index >= 15 is 0 Å². The minimum absolute atomic E-state index is 0.0710. The second kappa shape index (κ2) is 7.14. The first kappa shape index (κ1) is 17.9. The van der Waals surface area contributed by atoms with Crippen LogP contribution < -0.4 is 10.9 Å². The zero-order valence-electron chi connectivity index (χ0n) is 14.7. The molecular weight excluding hydrogens is 336 g/mol. The van der Waals surface area contributed by atoms with Crippen LogP contribution in [0.1, 0.15) is 18.4 Å². The summed E-state index contributed by atoms with van der Waals surface area (Å²) in [5.41, 5.74) is 2.09. The molecule has 25 heavy (non-hydrogen) atoms. The first-order valence-electron chi connectivity index (χ1n) is 8.58. The van der Waals surface area contributed by atoms with E-state index in [1.54, 1.807) is 31.4 Å². The standard InChI is InChI=1S/C19H24N2O3S/c1-14-11-19(22)21(2)13-17(14)16-5-3-4-6-18(16)25(23,24)10-9-20-12-15-7-8-15/h3-6,11,13,15,20H,7-10,12H2,1-2H3. The highest BCUT2D eigenvalue weighted by atomic mass is 32.2. The summed E-state index contributed by atoms with van der Waals surface area (Å²) >= 11 is 0. The highest BCUT2D eigenvalue weighted by molar-refractivity contribution is 7.91. The molecule has 0 atom stereocenters. The fraction of sp³-hybridized carbons (Fsp3) is 0.421. The zero-order valence-corrected chi connectivity index (χ0v) is 15.5. The molecule has 0 radical (unpaired) electrons. The van der Waals surface area contributed by atoms with Gasteiger partial charge in [-0.15, -0.1) is 0 Å². The van der Waals surface area contributed by atoms with E-state index < -0.39 is 9.84 Å². The number of hydrogen-bond acceptors (Lipinski definition) is 4. The van der Waals surface area contributed by atoms with E-state index in [0.29, 0.717) is 17.0 Å². The Bertz CT molecular complexity index is 928. The topological polar surface area (TPSA) is 68.2 Å². The molecule has 6 heteroatoms. The molecule has 3 rings (SSSR count). The van der Waals surface area contributed by atoms with Gasteiger partial charge in [0, 0.05) is 37.0 Å². The Morgan fingerprint density at radius 1 is 1.20 bits per heavy atom. The van der Waals surface area contributed by atoms with Crippen LogP contribution >= 0.6 is 0 Å². The van der Waals surface area contributed by atoms with E-state index in [4.69, 9.17) is 0 Å². The van der Waals surface area contributed by atoms with Crippen molar-refractivity contribution in [2.75, 3.05) is 18.8 Å². The van der Waals surface area contributed by atoms with Gasteiger partial charge in [-0.05, 0) is 43.9 Å². The highest BCUT2D eigenvalue weighted by Gasteiger charge is 2.22. The molecule has 0 bridgehead atoms. The number of aryl methyl sites for hydroxylation is 2. The molecule has 1 aliphatic rings. The Labute approximate surface area is 148 Å². The lowest BCUT2D eigenvalue weighted by Gasteiger charge is -2.14. The lowest BCUT2D eigenvalue weighted by Crippen LogP contribution is -2.25. The molecule has 1 fully saturated rings. The van der Waals surface area contributed by atoms with E-state index in [-0.39, 0.29) is 11.3 Å². The summed E-state index contributed by atoms with van der Waals surface area (Å²) in [7, 11) is -1.74. The third-order valence-electron chi connectivity index (χ3n) is 4.62. The fourth-order valence-corrected chi connectivity index (χ4v) is 4.34. The van der Waals surface area contributed by atoms with Gasteiger partial charge in [0.1, 0.15) is 0 Å². The molecule has 0 spiro atoms. The molecule has 5 nitrogen and oxygen atoms in total. The Morgan fingerprint density at radius 2 is 1.92 bits per heavy atom. The summed E-state index contributed by atoms with van der Waals surface area (Å²) in [6.07, 6.45) is 4.19. The number of rotatable bonds is 7. The summed E-state index contributed by atoms with van der Waals surface area (Å²) in [5, 5.41) is 3.24. The normalized spacial score (nSPS) is 14.6. The van der Waals surface area contributed by atoms with Crippen LogP contribution in [0.5, 0.6) is 0 Å². The average molecular weight is 360 g/mol. The van der Waals surface area contributed by atoms with Crippen LogP contribution in [0.4, 0.5) is 0 Å². The van der Waals surface area contributed by atoms with Crippen molar-refractivity contribution in [1.82, 2.24) is 9.88 Å². The number of benzene rings is 1. The molecule has 0 aliphatic heterocycles. The van der Waals surface area contributed by atoms with Crippen molar-refractivity contribution in [1.29, 1.82) is 0 Å². The van der Waals surface area contributed by atoms with Crippen molar-refractivity contribution in [3.63, 3.8) is 0 Å². The van der Waals surface area contributed by atoms with E-state index in [0.717, 1.165) is 23.6 Å². The smallest absolute Gasteiger partial charge is 0.250 e. The Kier molecular flexibility index (Phi) is 5.11. The van der Waals surface area contributed by atoms with Gasteiger partial charge in [-0.2, -0.15) is 0 Å². The lowest BCUT2D eigenvalue weighted by molar-refractivity contribution is 0.588. The van der Waals surface area contributed by atoms with Crippen LogP contribution in [0.2, 0.25) is 0 Å². The Morgan fingerprint density at radius 3 is 2.64 bits per heavy atom. The van der Waals surface area contributed by atoms with Gasteiger partial charge in [0.15, 0.2) is 9.84 Å². The van der Waals surface area contributed by atoms with Gasteiger partial charge in [0.05, 0.1) is 10.6 Å². The molecule has 1 aliphatic carbocycles. The van der Waals surface area contributed by atoms with Gasteiger partial charge in [-0.1, -0.05) is 18.2 Å². The molecule has 0 saturated heterocycles. The third-order valence-corrected chi connectivity index (χ3v) is 6.39. The average Bonchev–Trinajstić information content (AvgIpc) is 3.39. The van der Waals surface area contributed by atoms with Crippen LogP contribution in [0, 0.1) is 12.8 Å². The van der Waals surface area contributed by atoms with Crippen molar-refractivity contribution < 1.29 is 8.42 Å². The molecule has 0 amide bonds. The maximum Gasteiger partial charge on any atom is 0.250 e. The molecule has 2 aromatic rings. The number of sulfone groups is 1. The van der Waals surface area contributed by atoms with E-state index in [9.17, 15) is 13.2 Å². The predicted molar refractivity (Wildman–Crippen MR) is 99.5 cm³/mol. The molecule has 1 heterocycles. The highest BCUT2D eigenvalue weighted by Crippen LogP contribution is 2.30. The number of nitrogens with one attached hydrogen (secondary N) is 1. The Balaban J connectivity index is 1.89. The van der Waals surface area contributed by atoms with E-state index in [1.807, 2.05) is 13.0 Å². The number of pyridine rings is 1. The largest absolute Gasteiger partial charge is 0.318 e. The van der Waals surface area contributed by atoms with Crippen LogP contribution in [-0.4, -0.2) is 31.8 Å². The van der Waals surface area contributed by atoms with Crippen molar-refractivity contribution in [2.45, 2.75) is 24.7 Å². The first-order valence-corrected chi connectivity index (χ1v) is 10.2. The second-order valence-electron chi connectivity index (χ2n) is 6.78. The molecule has 0 unspecified atom stereocenters. The maximum atomic E-state index is 12.8. The van der Waals surface area contributed by atoms with Crippen LogP contribution in [0.15, 0.2) is 46.2 Å². The van der Waals surface area contributed by atoms with Gasteiger partial charge >= 0.3 is 0 Å². The summed E-state index contributed by atoms with van der Waals surface area (Å²) in [6.45, 7) is 3.19. The predicted octanol–water partition coefficient (Wildman–Crippen LogP) is 2.13. The first-order chi connectivity index (χ1) is 11.9. The van der Waals surface area contributed by atoms with Crippen molar-refractivity contribution in [3.05, 3.63) is 52.4 Å². The van der Waals surface area contributed by atoms with Crippen molar-refractivity contribution >= 4 is 9.84 Å². The molecule has 134 valence electrons. The quantitative estimate of drug-likeness (QED) is 0.768. The third kappa shape index (κ3) is 4.19. The van der Waals surface area contributed by atoms with Crippen LogP contribution in [0.25, 0.3) is 11.1 Å². The van der Waals surface area contributed by atoms with Gasteiger partial charge < -0.3 is 9.88 Å². The van der Waals surface area contributed by atoms with Crippen LogP contribution in [0.3, 0.4) is 0 Å². The maximum absolute atomic E-state index is 12.8. The molecular formula is C19H24N2O3S. The zero-order chi connectivity index (χ0) is 18.0. The van der Waals surface area contributed by atoms with Crippen molar-refractivity contribution in [2.24, 2.45) is 13.0 Å². The summed E-state index contributed by atoms with van der Waals surface area (Å²) in [5.74, 6) is 0.796. The monoisotopic (exact) mass is 360 g/mol. The van der Waals surface area contributed by atoms with Gasteiger partial charge in [-0.3, -0.25) is 4.79 Å². The van der Waals surface area contributed by atoms with Gasteiger partial charge in [0.2, 0.25) is 0 Å².